The van der Waals surface area contributed by atoms with E-state index in [4.69, 9.17) is 12.2 Å². The SMILES string of the molecule is CC1(C)SC(=S)N(Cc2ccc(F)cc2)C(=O)C1NC(=O)c1ccc(F)cc1. The van der Waals surface area contributed by atoms with Crippen LogP contribution in [0.25, 0.3) is 0 Å². The van der Waals surface area contributed by atoms with Crippen molar-refractivity contribution in [2.45, 2.75) is 31.2 Å². The first-order chi connectivity index (χ1) is 13.2. The molecule has 0 radical (unpaired) electrons. The van der Waals surface area contributed by atoms with Crippen LogP contribution >= 0.6 is 24.0 Å². The van der Waals surface area contributed by atoms with Crippen LogP contribution in [0.5, 0.6) is 0 Å². The van der Waals surface area contributed by atoms with Gasteiger partial charge in [0.05, 0.1) is 6.54 Å². The molecule has 0 bridgehead atoms. The lowest BCUT2D eigenvalue weighted by Gasteiger charge is -2.42. The first-order valence-electron chi connectivity index (χ1n) is 8.52. The summed E-state index contributed by atoms with van der Waals surface area (Å²) < 4.78 is 25.9. The van der Waals surface area contributed by atoms with Crippen molar-refractivity contribution in [3.05, 3.63) is 71.3 Å². The van der Waals surface area contributed by atoms with Crippen LogP contribution in [0.15, 0.2) is 48.5 Å². The molecular weight excluding hydrogens is 402 g/mol. The van der Waals surface area contributed by atoms with Gasteiger partial charge in [-0.15, -0.1) is 0 Å². The topological polar surface area (TPSA) is 49.4 Å². The van der Waals surface area contributed by atoms with Crippen LogP contribution in [0.2, 0.25) is 0 Å². The Bertz CT molecular complexity index is 915. The van der Waals surface area contributed by atoms with Crippen molar-refractivity contribution in [1.29, 1.82) is 0 Å². The minimum Gasteiger partial charge on any atom is -0.339 e. The fourth-order valence-corrected chi connectivity index (χ4v) is 4.64. The number of thiocarbonyl (C=S) groups is 1. The van der Waals surface area contributed by atoms with Crippen LogP contribution in [-0.4, -0.2) is 31.8 Å². The molecule has 1 N–H and O–H groups in total. The summed E-state index contributed by atoms with van der Waals surface area (Å²) in [6, 6.07) is 10.1. The summed E-state index contributed by atoms with van der Waals surface area (Å²) in [6.45, 7) is 3.84. The second-order valence-corrected chi connectivity index (χ2v) is 9.22. The highest BCUT2D eigenvalue weighted by atomic mass is 32.2. The van der Waals surface area contributed by atoms with Gasteiger partial charge in [0, 0.05) is 10.3 Å². The minimum absolute atomic E-state index is 0.184. The summed E-state index contributed by atoms with van der Waals surface area (Å²) >= 11 is 6.71. The van der Waals surface area contributed by atoms with E-state index in [1.807, 2.05) is 13.8 Å². The molecule has 2 aromatic rings. The van der Waals surface area contributed by atoms with E-state index >= 15 is 0 Å². The molecule has 28 heavy (non-hydrogen) atoms. The summed E-state index contributed by atoms with van der Waals surface area (Å²) in [4.78, 5) is 27.1. The maximum Gasteiger partial charge on any atom is 0.252 e. The third-order valence-electron chi connectivity index (χ3n) is 4.41. The lowest BCUT2D eigenvalue weighted by molar-refractivity contribution is -0.130. The van der Waals surface area contributed by atoms with Gasteiger partial charge in [-0.25, -0.2) is 8.78 Å². The maximum absolute atomic E-state index is 13.1. The van der Waals surface area contributed by atoms with Gasteiger partial charge in [-0.1, -0.05) is 36.1 Å². The molecule has 2 aromatic carbocycles. The third-order valence-corrected chi connectivity index (χ3v) is 6.04. The number of carbonyl (C=O) groups is 2. The molecule has 4 nitrogen and oxygen atoms in total. The van der Waals surface area contributed by atoms with Crippen LogP contribution < -0.4 is 5.32 Å². The fourth-order valence-electron chi connectivity index (χ4n) is 2.85. The summed E-state index contributed by atoms with van der Waals surface area (Å²) in [7, 11) is 0. The van der Waals surface area contributed by atoms with Gasteiger partial charge in [0.25, 0.3) is 11.8 Å². The third kappa shape index (κ3) is 4.39. The Kier molecular flexibility index (Phi) is 5.81. The van der Waals surface area contributed by atoms with E-state index in [1.165, 1.54) is 53.1 Å². The molecule has 1 saturated heterocycles. The molecule has 146 valence electrons. The Morgan fingerprint density at radius 3 is 2.21 bits per heavy atom. The van der Waals surface area contributed by atoms with Gasteiger partial charge in [0.1, 0.15) is 22.0 Å². The molecule has 0 spiro atoms. The molecule has 1 fully saturated rings. The molecular formula is C20H18F2N2O2S2. The van der Waals surface area contributed by atoms with E-state index in [9.17, 15) is 18.4 Å². The van der Waals surface area contributed by atoms with E-state index in [-0.39, 0.29) is 23.8 Å². The Morgan fingerprint density at radius 1 is 1.11 bits per heavy atom. The highest BCUT2D eigenvalue weighted by molar-refractivity contribution is 8.24. The summed E-state index contributed by atoms with van der Waals surface area (Å²) in [5.41, 5.74) is 0.981. The highest BCUT2D eigenvalue weighted by Crippen LogP contribution is 2.37. The molecule has 1 aliphatic rings. The molecule has 1 heterocycles. The van der Waals surface area contributed by atoms with E-state index in [2.05, 4.69) is 5.32 Å². The van der Waals surface area contributed by atoms with E-state index in [1.54, 1.807) is 12.1 Å². The Labute approximate surface area is 171 Å². The standard InChI is InChI=1S/C20H18F2N2O2S2/c1-20(2)16(23-17(25)13-5-9-15(22)10-6-13)18(26)24(19(27)28-20)11-12-3-7-14(21)8-4-12/h3-10,16H,11H2,1-2H3,(H,23,25). The monoisotopic (exact) mass is 420 g/mol. The van der Waals surface area contributed by atoms with E-state index in [0.717, 1.165) is 5.56 Å². The van der Waals surface area contributed by atoms with Crippen molar-refractivity contribution in [2.24, 2.45) is 0 Å². The quantitative estimate of drug-likeness (QED) is 0.763. The van der Waals surface area contributed by atoms with Gasteiger partial charge in [0.15, 0.2) is 0 Å². The zero-order valence-electron chi connectivity index (χ0n) is 15.2. The number of thioether (sulfide) groups is 1. The Morgan fingerprint density at radius 2 is 1.64 bits per heavy atom. The number of halogens is 2. The van der Waals surface area contributed by atoms with Gasteiger partial charge in [0.2, 0.25) is 0 Å². The fraction of sp³-hybridized carbons (Fsp3) is 0.250. The van der Waals surface area contributed by atoms with Crippen molar-refractivity contribution in [2.75, 3.05) is 0 Å². The van der Waals surface area contributed by atoms with Crippen molar-refractivity contribution in [1.82, 2.24) is 10.2 Å². The molecule has 0 aliphatic carbocycles. The van der Waals surface area contributed by atoms with E-state index < -0.39 is 22.5 Å². The van der Waals surface area contributed by atoms with Gasteiger partial charge >= 0.3 is 0 Å². The predicted molar refractivity (Wildman–Crippen MR) is 109 cm³/mol. The number of amides is 2. The Hall–Kier alpha value is -2.32. The highest BCUT2D eigenvalue weighted by Gasteiger charge is 2.46. The van der Waals surface area contributed by atoms with Crippen molar-refractivity contribution < 1.29 is 18.4 Å². The summed E-state index contributed by atoms with van der Waals surface area (Å²) in [6.07, 6.45) is 0. The number of hydrogen-bond donors (Lipinski definition) is 1. The summed E-state index contributed by atoms with van der Waals surface area (Å²) in [5, 5.41) is 2.75. The van der Waals surface area contributed by atoms with Gasteiger partial charge in [-0.2, -0.15) is 0 Å². The van der Waals surface area contributed by atoms with Crippen molar-refractivity contribution >= 4 is 40.1 Å². The van der Waals surface area contributed by atoms with Crippen LogP contribution in [0.4, 0.5) is 8.78 Å². The molecule has 2 amide bonds. The van der Waals surface area contributed by atoms with Crippen LogP contribution in [0.3, 0.4) is 0 Å². The first-order valence-corrected chi connectivity index (χ1v) is 9.75. The lowest BCUT2D eigenvalue weighted by atomic mass is 10.00. The lowest BCUT2D eigenvalue weighted by Crippen LogP contribution is -2.62. The molecule has 1 unspecified atom stereocenters. The number of rotatable bonds is 4. The zero-order chi connectivity index (χ0) is 20.5. The smallest absolute Gasteiger partial charge is 0.252 e. The van der Waals surface area contributed by atoms with Gasteiger partial charge in [-0.3, -0.25) is 14.5 Å². The van der Waals surface area contributed by atoms with Crippen molar-refractivity contribution in [3.8, 4) is 0 Å². The predicted octanol–water partition coefficient (Wildman–Crippen LogP) is 3.90. The Balaban J connectivity index is 1.81. The average molecular weight is 421 g/mol. The molecule has 1 atom stereocenters. The second kappa shape index (κ2) is 7.97. The zero-order valence-corrected chi connectivity index (χ0v) is 16.9. The number of nitrogens with zero attached hydrogens (tertiary/aromatic N) is 1. The first kappa shape index (κ1) is 20.4. The molecule has 8 heteroatoms. The van der Waals surface area contributed by atoms with E-state index in [0.29, 0.717) is 4.32 Å². The molecule has 3 rings (SSSR count). The normalized spacial score (nSPS) is 18.9. The molecule has 0 aromatic heterocycles. The minimum atomic E-state index is -0.831. The number of carbonyl (C=O) groups excluding carboxylic acids is 2. The van der Waals surface area contributed by atoms with Crippen molar-refractivity contribution in [3.63, 3.8) is 0 Å². The number of nitrogens with one attached hydrogen (secondary N) is 1. The summed E-state index contributed by atoms with van der Waals surface area (Å²) in [5.74, 6) is -1.62. The second-order valence-electron chi connectivity index (χ2n) is 6.94. The number of hydrogen-bond acceptors (Lipinski definition) is 4. The number of benzene rings is 2. The average Bonchev–Trinajstić information content (AvgIpc) is 2.64. The maximum atomic E-state index is 13.1. The van der Waals surface area contributed by atoms with Crippen LogP contribution in [-0.2, 0) is 11.3 Å². The van der Waals surface area contributed by atoms with Crippen LogP contribution in [0, 0.1) is 11.6 Å². The van der Waals surface area contributed by atoms with Crippen LogP contribution in [0.1, 0.15) is 29.8 Å². The molecule has 0 saturated carbocycles. The van der Waals surface area contributed by atoms with Gasteiger partial charge in [-0.05, 0) is 55.8 Å². The molecule has 1 aliphatic heterocycles. The largest absolute Gasteiger partial charge is 0.339 e. The van der Waals surface area contributed by atoms with Gasteiger partial charge < -0.3 is 5.32 Å².